The minimum atomic E-state index is -4.34. The fraction of sp³-hybridized carbons (Fsp3) is 0.440. The van der Waals surface area contributed by atoms with Gasteiger partial charge in [-0.05, 0) is 43.3 Å². The topological polar surface area (TPSA) is 97.5 Å². The van der Waals surface area contributed by atoms with E-state index in [1.165, 1.54) is 4.90 Å². The highest BCUT2D eigenvalue weighted by molar-refractivity contribution is 5.94. The van der Waals surface area contributed by atoms with Crippen LogP contribution in [0.4, 0.5) is 24.8 Å². The normalized spacial score (nSPS) is 16.9. The number of anilines is 2. The van der Waals surface area contributed by atoms with Gasteiger partial charge in [-0.2, -0.15) is 18.2 Å². The molecule has 12 heteroatoms. The third-order valence-electron chi connectivity index (χ3n) is 6.52. The van der Waals surface area contributed by atoms with Crippen molar-refractivity contribution >= 4 is 29.0 Å². The molecular formula is C25H30F3N7O2. The molecule has 2 aromatic rings. The number of aromatic nitrogens is 3. The number of carbonyl (C=O) groups excluding carboxylic acids is 2. The molecule has 0 saturated carbocycles. The van der Waals surface area contributed by atoms with E-state index in [-0.39, 0.29) is 12.5 Å². The van der Waals surface area contributed by atoms with E-state index in [2.05, 4.69) is 32.0 Å². The van der Waals surface area contributed by atoms with Gasteiger partial charge in [-0.25, -0.2) is 0 Å². The number of halogens is 3. The lowest BCUT2D eigenvalue weighted by Gasteiger charge is -2.32. The van der Waals surface area contributed by atoms with E-state index < -0.39 is 24.9 Å². The lowest BCUT2D eigenvalue weighted by molar-refractivity contribution is -0.148. The Bertz CT molecular complexity index is 1170. The van der Waals surface area contributed by atoms with Crippen LogP contribution in [0.2, 0.25) is 0 Å². The van der Waals surface area contributed by atoms with E-state index in [0.29, 0.717) is 49.0 Å². The highest BCUT2D eigenvalue weighted by Gasteiger charge is 2.29. The first kappa shape index (κ1) is 26.4. The number of amides is 2. The quantitative estimate of drug-likeness (QED) is 0.584. The van der Waals surface area contributed by atoms with E-state index in [4.69, 9.17) is 0 Å². The Labute approximate surface area is 213 Å². The van der Waals surface area contributed by atoms with Gasteiger partial charge in [0.1, 0.15) is 0 Å². The number of piperazine rings is 1. The number of benzene rings is 1. The Hall–Kier alpha value is -3.67. The molecule has 0 radical (unpaired) electrons. The monoisotopic (exact) mass is 517 g/mol. The predicted octanol–water partition coefficient (Wildman–Crippen LogP) is 3.45. The maximum Gasteiger partial charge on any atom is 0.389 e. The first-order chi connectivity index (χ1) is 17.6. The minimum Gasteiger partial charge on any atom is -0.339 e. The first-order valence-electron chi connectivity index (χ1n) is 12.1. The van der Waals surface area contributed by atoms with Crippen LogP contribution in [0.3, 0.4) is 0 Å². The molecule has 9 nitrogen and oxygen atoms in total. The van der Waals surface area contributed by atoms with E-state index in [1.807, 2.05) is 11.9 Å². The summed E-state index contributed by atoms with van der Waals surface area (Å²) in [6.07, 6.45) is -3.76. The Morgan fingerprint density at radius 2 is 1.78 bits per heavy atom. The zero-order valence-corrected chi connectivity index (χ0v) is 20.6. The summed E-state index contributed by atoms with van der Waals surface area (Å²) < 4.78 is 37.1. The second-order valence-electron chi connectivity index (χ2n) is 9.22. The van der Waals surface area contributed by atoms with Crippen molar-refractivity contribution in [3.05, 3.63) is 53.9 Å². The summed E-state index contributed by atoms with van der Waals surface area (Å²) in [5.74, 6) is 0.278. The van der Waals surface area contributed by atoms with Gasteiger partial charge in [0.15, 0.2) is 5.82 Å². The maximum absolute atomic E-state index is 12.7. The van der Waals surface area contributed by atoms with Crippen LogP contribution in [0.1, 0.15) is 35.4 Å². The molecule has 0 aliphatic carbocycles. The molecule has 1 fully saturated rings. The van der Waals surface area contributed by atoms with Crippen molar-refractivity contribution in [2.24, 2.45) is 0 Å². The number of allylic oxidation sites excluding steroid dienone is 1. The maximum atomic E-state index is 12.7. The van der Waals surface area contributed by atoms with Crippen LogP contribution in [0.15, 0.2) is 42.5 Å². The smallest absolute Gasteiger partial charge is 0.339 e. The van der Waals surface area contributed by atoms with Crippen LogP contribution < -0.4 is 5.32 Å². The number of rotatable bonds is 7. The highest BCUT2D eigenvalue weighted by atomic mass is 19.4. The lowest BCUT2D eigenvalue weighted by Crippen LogP contribution is -2.47. The third kappa shape index (κ3) is 6.97. The third-order valence-corrected chi connectivity index (χ3v) is 6.52. The van der Waals surface area contributed by atoms with Gasteiger partial charge >= 0.3 is 6.18 Å². The number of alkyl halides is 3. The number of hydrogen-bond donors (Lipinski definition) is 2. The summed E-state index contributed by atoms with van der Waals surface area (Å²) in [6.45, 7) is 7.75. The molecule has 198 valence electrons. The van der Waals surface area contributed by atoms with Gasteiger partial charge < -0.3 is 20.0 Å². The summed E-state index contributed by atoms with van der Waals surface area (Å²) in [5, 5.41) is 10.1. The molecule has 1 aromatic carbocycles. The number of hydrogen-bond acceptors (Lipinski definition) is 6. The van der Waals surface area contributed by atoms with Crippen LogP contribution in [0.25, 0.3) is 5.57 Å². The van der Waals surface area contributed by atoms with Crippen molar-refractivity contribution in [3.8, 4) is 0 Å². The summed E-state index contributed by atoms with van der Waals surface area (Å²) in [4.78, 5) is 34.6. The summed E-state index contributed by atoms with van der Waals surface area (Å²) in [7, 11) is 2.04. The number of likely N-dealkylation sites (N-methyl/N-ethyl adjacent to an activating group) is 1. The van der Waals surface area contributed by atoms with Crippen LogP contribution in [0.5, 0.6) is 0 Å². The molecule has 37 heavy (non-hydrogen) atoms. The van der Waals surface area contributed by atoms with Crippen LogP contribution >= 0.6 is 0 Å². The van der Waals surface area contributed by atoms with Gasteiger partial charge in [-0.1, -0.05) is 12.7 Å². The Morgan fingerprint density at radius 1 is 1.08 bits per heavy atom. The SMILES string of the molecule is C=C(C1=CCN(C(=O)CCC(F)(F)F)CC1)c1nc(Nc2ccc(C(=O)N3CCN(C)CC3)cc2)n[nH]1. The van der Waals surface area contributed by atoms with Crippen molar-refractivity contribution < 1.29 is 22.8 Å². The fourth-order valence-electron chi connectivity index (χ4n) is 4.20. The van der Waals surface area contributed by atoms with Crippen molar-refractivity contribution in [1.82, 2.24) is 29.9 Å². The van der Waals surface area contributed by atoms with E-state index in [9.17, 15) is 22.8 Å². The molecule has 4 rings (SSSR count). The van der Waals surface area contributed by atoms with Gasteiger partial charge in [-0.15, -0.1) is 5.10 Å². The molecule has 2 aliphatic rings. The zero-order chi connectivity index (χ0) is 26.6. The molecule has 0 bridgehead atoms. The van der Waals surface area contributed by atoms with E-state index >= 15 is 0 Å². The molecule has 1 saturated heterocycles. The number of aromatic amines is 1. The second-order valence-corrected chi connectivity index (χ2v) is 9.22. The fourth-order valence-corrected chi connectivity index (χ4v) is 4.20. The molecule has 0 unspecified atom stereocenters. The largest absolute Gasteiger partial charge is 0.389 e. The van der Waals surface area contributed by atoms with Crippen LogP contribution in [0, 0.1) is 0 Å². The standard InChI is InChI=1S/C25H30F3N7O2/c1-17(18-8-11-34(12-9-18)21(36)7-10-25(26,27)28)22-30-24(32-31-22)29-20-5-3-19(4-6-20)23(37)35-15-13-33(2)14-16-35/h3-6,8H,1,7,9-16H2,2H3,(H2,29,30,31,32). The Morgan fingerprint density at radius 3 is 2.41 bits per heavy atom. The molecular weight excluding hydrogens is 487 g/mol. The van der Waals surface area contributed by atoms with Gasteiger partial charge in [0.05, 0.1) is 6.42 Å². The van der Waals surface area contributed by atoms with Gasteiger partial charge in [0.25, 0.3) is 5.91 Å². The molecule has 2 N–H and O–H groups in total. The molecule has 1 aromatic heterocycles. The molecule has 3 heterocycles. The molecule has 0 spiro atoms. The molecule has 2 aliphatic heterocycles. The summed E-state index contributed by atoms with van der Waals surface area (Å²) in [5.41, 5.74) is 2.80. The molecule has 2 amide bonds. The van der Waals surface area contributed by atoms with Crippen molar-refractivity contribution in [1.29, 1.82) is 0 Å². The minimum absolute atomic E-state index is 0.0116. The Balaban J connectivity index is 1.30. The van der Waals surface area contributed by atoms with Gasteiger partial charge in [0.2, 0.25) is 11.9 Å². The average Bonchev–Trinajstić information content (AvgIpc) is 3.35. The highest BCUT2D eigenvalue weighted by Crippen LogP contribution is 2.27. The predicted molar refractivity (Wildman–Crippen MR) is 133 cm³/mol. The average molecular weight is 518 g/mol. The number of nitrogens with one attached hydrogen (secondary N) is 2. The first-order valence-corrected chi connectivity index (χ1v) is 12.1. The summed E-state index contributed by atoms with van der Waals surface area (Å²) in [6, 6.07) is 7.12. The lowest BCUT2D eigenvalue weighted by atomic mass is 10.00. The van der Waals surface area contributed by atoms with Crippen LogP contribution in [-0.4, -0.2) is 94.2 Å². The summed E-state index contributed by atoms with van der Waals surface area (Å²) >= 11 is 0. The second kappa shape index (κ2) is 11.2. The Kier molecular flexibility index (Phi) is 7.96. The van der Waals surface area contributed by atoms with Crippen molar-refractivity contribution in [3.63, 3.8) is 0 Å². The van der Waals surface area contributed by atoms with Crippen LogP contribution in [-0.2, 0) is 4.79 Å². The van der Waals surface area contributed by atoms with Gasteiger partial charge in [-0.3, -0.25) is 14.7 Å². The zero-order valence-electron chi connectivity index (χ0n) is 20.6. The van der Waals surface area contributed by atoms with Crippen molar-refractivity contribution in [2.45, 2.75) is 25.4 Å². The number of nitrogens with zero attached hydrogens (tertiary/aromatic N) is 5. The van der Waals surface area contributed by atoms with Gasteiger partial charge in [0, 0.05) is 62.5 Å². The van der Waals surface area contributed by atoms with E-state index in [0.717, 1.165) is 24.4 Å². The number of H-pyrrole nitrogens is 1. The number of carbonyl (C=O) groups is 2. The van der Waals surface area contributed by atoms with Crippen molar-refractivity contribution in [2.75, 3.05) is 51.6 Å². The van der Waals surface area contributed by atoms with E-state index in [1.54, 1.807) is 30.3 Å². The molecule has 0 atom stereocenters.